The molecule has 0 spiro atoms. The molecule has 3 rings (SSSR count). The van der Waals surface area contributed by atoms with E-state index in [0.29, 0.717) is 23.5 Å². The minimum absolute atomic E-state index is 0.159. The normalized spacial score (nSPS) is 10.6. The maximum atomic E-state index is 12.6. The quantitative estimate of drug-likeness (QED) is 0.615. The van der Waals surface area contributed by atoms with Crippen LogP contribution in [0.5, 0.6) is 5.75 Å². The van der Waals surface area contributed by atoms with Gasteiger partial charge >= 0.3 is 0 Å². The Hall–Kier alpha value is -3.61. The summed E-state index contributed by atoms with van der Waals surface area (Å²) in [5.74, 6) is 0.00714. The smallest absolute Gasteiger partial charge is 0.255 e. The van der Waals surface area contributed by atoms with Crippen molar-refractivity contribution in [3.8, 4) is 5.75 Å². The van der Waals surface area contributed by atoms with Gasteiger partial charge in [0.15, 0.2) is 0 Å². The number of ether oxygens (including phenoxy) is 1. The zero-order chi connectivity index (χ0) is 20.8. The lowest BCUT2D eigenvalue weighted by molar-refractivity contribution is -0.118. The second-order valence-electron chi connectivity index (χ2n) is 6.83. The van der Waals surface area contributed by atoms with Crippen molar-refractivity contribution >= 4 is 17.5 Å². The van der Waals surface area contributed by atoms with Gasteiger partial charge in [0.1, 0.15) is 5.75 Å². The number of primary amides is 1. The number of aromatic nitrogens is 2. The van der Waals surface area contributed by atoms with Gasteiger partial charge in [-0.05, 0) is 61.9 Å². The summed E-state index contributed by atoms with van der Waals surface area (Å²) in [5.41, 5.74) is 9.36. The Labute approximate surface area is 169 Å². The van der Waals surface area contributed by atoms with Crippen LogP contribution in [-0.4, -0.2) is 28.2 Å². The number of nitrogens with zero attached hydrogens (tertiary/aromatic N) is 2. The highest BCUT2D eigenvalue weighted by molar-refractivity contribution is 6.04. The van der Waals surface area contributed by atoms with Crippen LogP contribution in [0, 0.1) is 13.8 Å². The number of anilines is 1. The first-order chi connectivity index (χ1) is 13.9. The maximum absolute atomic E-state index is 12.6. The number of carbonyl (C=O) groups excluding carboxylic acids is 2. The molecule has 0 saturated carbocycles. The van der Waals surface area contributed by atoms with Crippen molar-refractivity contribution in [2.24, 2.45) is 5.73 Å². The lowest BCUT2D eigenvalue weighted by atomic mass is 10.1. The number of rotatable bonds is 8. The molecule has 0 unspecified atom stereocenters. The van der Waals surface area contributed by atoms with Crippen molar-refractivity contribution in [1.29, 1.82) is 0 Å². The van der Waals surface area contributed by atoms with Crippen LogP contribution in [0.3, 0.4) is 0 Å². The topological polar surface area (TPSA) is 99.2 Å². The number of hydrogen-bond acceptors (Lipinski definition) is 4. The molecule has 0 atom stereocenters. The Morgan fingerprint density at radius 3 is 2.52 bits per heavy atom. The Bertz CT molecular complexity index is 1010. The summed E-state index contributed by atoms with van der Waals surface area (Å²) in [5, 5.41) is 7.34. The molecule has 0 radical (unpaired) electrons. The molecule has 7 heteroatoms. The van der Waals surface area contributed by atoms with Crippen LogP contribution in [-0.2, 0) is 11.3 Å². The monoisotopic (exact) mass is 392 g/mol. The summed E-state index contributed by atoms with van der Waals surface area (Å²) >= 11 is 0. The van der Waals surface area contributed by atoms with Gasteiger partial charge in [0.05, 0.1) is 25.3 Å². The minimum Gasteiger partial charge on any atom is -0.493 e. The first kappa shape index (κ1) is 20.1. The molecule has 150 valence electrons. The molecule has 0 aliphatic heterocycles. The van der Waals surface area contributed by atoms with Gasteiger partial charge in [-0.2, -0.15) is 5.10 Å². The van der Waals surface area contributed by atoms with Crippen molar-refractivity contribution in [3.05, 3.63) is 77.1 Å². The first-order valence-corrected chi connectivity index (χ1v) is 9.33. The van der Waals surface area contributed by atoms with E-state index in [2.05, 4.69) is 10.4 Å². The summed E-state index contributed by atoms with van der Waals surface area (Å²) in [6.07, 6.45) is 0.159. The van der Waals surface area contributed by atoms with Gasteiger partial charge < -0.3 is 15.8 Å². The fourth-order valence-electron chi connectivity index (χ4n) is 2.93. The first-order valence-electron chi connectivity index (χ1n) is 9.33. The largest absolute Gasteiger partial charge is 0.493 e. The average Bonchev–Trinajstić information content (AvgIpc) is 3.00. The van der Waals surface area contributed by atoms with E-state index < -0.39 is 5.91 Å². The average molecular weight is 392 g/mol. The highest BCUT2D eigenvalue weighted by Crippen LogP contribution is 2.17. The molecular weight excluding hydrogens is 368 g/mol. The molecule has 29 heavy (non-hydrogen) atoms. The SMILES string of the molecule is Cc1cc(C)n(Cc2cccc(C(=O)Nc3ccc(OCCC(N)=O)cc3)c2)n1. The van der Waals surface area contributed by atoms with E-state index in [9.17, 15) is 9.59 Å². The van der Waals surface area contributed by atoms with Gasteiger partial charge in [-0.15, -0.1) is 0 Å². The molecule has 0 aliphatic carbocycles. The van der Waals surface area contributed by atoms with Crippen molar-refractivity contribution in [3.63, 3.8) is 0 Å². The molecule has 3 N–H and O–H groups in total. The molecule has 3 aromatic rings. The number of nitrogens with two attached hydrogens (primary N) is 1. The highest BCUT2D eigenvalue weighted by Gasteiger charge is 2.09. The van der Waals surface area contributed by atoms with Crippen molar-refractivity contribution < 1.29 is 14.3 Å². The van der Waals surface area contributed by atoms with Crippen LogP contribution in [0.2, 0.25) is 0 Å². The maximum Gasteiger partial charge on any atom is 0.255 e. The molecule has 7 nitrogen and oxygen atoms in total. The van der Waals surface area contributed by atoms with Gasteiger partial charge in [0.25, 0.3) is 5.91 Å². The predicted octanol–water partition coefficient (Wildman–Crippen LogP) is 3.05. The van der Waals surface area contributed by atoms with Crippen molar-refractivity contribution in [2.45, 2.75) is 26.8 Å². The fraction of sp³-hybridized carbons (Fsp3) is 0.227. The fourth-order valence-corrected chi connectivity index (χ4v) is 2.93. The third-order valence-electron chi connectivity index (χ3n) is 4.35. The molecule has 0 bridgehead atoms. The standard InChI is InChI=1S/C22H24N4O3/c1-15-12-16(2)26(25-15)14-17-4-3-5-18(13-17)22(28)24-19-6-8-20(9-7-19)29-11-10-21(23)27/h3-9,12-13H,10-11,14H2,1-2H3,(H2,23,27)(H,24,28). The lowest BCUT2D eigenvalue weighted by Crippen LogP contribution is -2.14. The van der Waals surface area contributed by atoms with Crippen LogP contribution >= 0.6 is 0 Å². The Kier molecular flexibility index (Phi) is 6.29. The highest BCUT2D eigenvalue weighted by atomic mass is 16.5. The van der Waals surface area contributed by atoms with Crippen LogP contribution in [0.1, 0.15) is 33.7 Å². The number of nitrogens with one attached hydrogen (secondary N) is 1. The van der Waals surface area contributed by atoms with E-state index in [1.54, 1.807) is 30.3 Å². The Morgan fingerprint density at radius 2 is 1.86 bits per heavy atom. The number of hydrogen-bond donors (Lipinski definition) is 2. The molecular formula is C22H24N4O3. The summed E-state index contributed by atoms with van der Waals surface area (Å²) in [6.45, 7) is 4.81. The summed E-state index contributed by atoms with van der Waals surface area (Å²) in [7, 11) is 0. The number of carbonyl (C=O) groups is 2. The zero-order valence-corrected chi connectivity index (χ0v) is 16.5. The second-order valence-corrected chi connectivity index (χ2v) is 6.83. The van der Waals surface area contributed by atoms with Crippen molar-refractivity contribution in [2.75, 3.05) is 11.9 Å². The summed E-state index contributed by atoms with van der Waals surface area (Å²) < 4.78 is 7.34. The van der Waals surface area contributed by atoms with Gasteiger partial charge in [-0.3, -0.25) is 14.3 Å². The molecule has 1 aromatic heterocycles. The molecule has 0 fully saturated rings. The Balaban J connectivity index is 1.62. The third kappa shape index (κ3) is 5.68. The van der Waals surface area contributed by atoms with E-state index in [1.165, 1.54) is 0 Å². The molecule has 0 saturated heterocycles. The second kappa shape index (κ2) is 9.05. The van der Waals surface area contributed by atoms with E-state index in [4.69, 9.17) is 10.5 Å². The summed E-state index contributed by atoms with van der Waals surface area (Å²) in [4.78, 5) is 23.3. The number of aryl methyl sites for hydroxylation is 2. The lowest BCUT2D eigenvalue weighted by Gasteiger charge is -2.09. The van der Waals surface area contributed by atoms with Crippen LogP contribution in [0.15, 0.2) is 54.6 Å². The van der Waals surface area contributed by atoms with Crippen LogP contribution < -0.4 is 15.8 Å². The van der Waals surface area contributed by atoms with Gasteiger partial charge in [-0.25, -0.2) is 0 Å². The zero-order valence-electron chi connectivity index (χ0n) is 16.5. The number of benzene rings is 2. The van der Waals surface area contributed by atoms with Gasteiger partial charge in [0, 0.05) is 16.9 Å². The third-order valence-corrected chi connectivity index (χ3v) is 4.35. The minimum atomic E-state index is -0.408. The predicted molar refractivity (Wildman–Crippen MR) is 111 cm³/mol. The van der Waals surface area contributed by atoms with Crippen LogP contribution in [0.4, 0.5) is 5.69 Å². The molecule has 0 aliphatic rings. The van der Waals surface area contributed by atoms with E-state index >= 15 is 0 Å². The van der Waals surface area contributed by atoms with E-state index in [0.717, 1.165) is 17.0 Å². The van der Waals surface area contributed by atoms with E-state index in [-0.39, 0.29) is 18.9 Å². The van der Waals surface area contributed by atoms with Gasteiger partial charge in [-0.1, -0.05) is 12.1 Å². The summed E-state index contributed by atoms with van der Waals surface area (Å²) in [6, 6.07) is 16.5. The van der Waals surface area contributed by atoms with Crippen LogP contribution in [0.25, 0.3) is 0 Å². The van der Waals surface area contributed by atoms with Gasteiger partial charge in [0.2, 0.25) is 5.91 Å². The van der Waals surface area contributed by atoms with Crippen molar-refractivity contribution in [1.82, 2.24) is 9.78 Å². The molecule has 2 amide bonds. The van der Waals surface area contributed by atoms with E-state index in [1.807, 2.05) is 42.8 Å². The molecule has 2 aromatic carbocycles. The Morgan fingerprint density at radius 1 is 1.10 bits per heavy atom. The molecule has 1 heterocycles. The number of amides is 2.